The van der Waals surface area contributed by atoms with Gasteiger partial charge in [-0.05, 0) is 66.5 Å². The summed E-state index contributed by atoms with van der Waals surface area (Å²) in [6, 6.07) is 24.8. The van der Waals surface area contributed by atoms with Crippen LogP contribution in [-0.4, -0.2) is 21.5 Å². The zero-order valence-electron chi connectivity index (χ0n) is 20.9. The highest BCUT2D eigenvalue weighted by Gasteiger charge is 2.51. The van der Waals surface area contributed by atoms with Gasteiger partial charge in [-0.15, -0.1) is 0 Å². The number of rotatable bonds is 7. The molecule has 1 amide bonds. The summed E-state index contributed by atoms with van der Waals surface area (Å²) in [5.74, 6) is -0.788. The first-order chi connectivity index (χ1) is 18.3. The van der Waals surface area contributed by atoms with Crippen molar-refractivity contribution in [3.63, 3.8) is 0 Å². The van der Waals surface area contributed by atoms with Crippen molar-refractivity contribution in [1.29, 1.82) is 5.26 Å². The lowest BCUT2D eigenvalue weighted by molar-refractivity contribution is -0.140. The Labute approximate surface area is 224 Å². The standard InChI is InChI=1S/C30H25N3O4S/c1-18-26(32-29(36)37-19(2)20-6-4-3-5-7-20)27(38-33-18)25-13-10-22(16-23(25)17-31)21-8-11-24(12-9-21)30(14-15-30)28(34)35/h3-13,16,19H,14-15H2,1-2H3,(H,32,36)(H,34,35)/t19-/m1/s1. The fourth-order valence-corrected chi connectivity index (χ4v) is 5.42. The van der Waals surface area contributed by atoms with E-state index in [1.165, 1.54) is 11.5 Å². The van der Waals surface area contributed by atoms with Gasteiger partial charge >= 0.3 is 12.1 Å². The van der Waals surface area contributed by atoms with E-state index in [9.17, 15) is 20.0 Å². The van der Waals surface area contributed by atoms with Crippen molar-refractivity contribution in [1.82, 2.24) is 4.37 Å². The number of hydrogen-bond donors (Lipinski definition) is 2. The molecule has 5 rings (SSSR count). The van der Waals surface area contributed by atoms with Gasteiger partial charge < -0.3 is 9.84 Å². The molecule has 0 aliphatic heterocycles. The molecular weight excluding hydrogens is 498 g/mol. The fraction of sp³-hybridized carbons (Fsp3) is 0.200. The second-order valence-corrected chi connectivity index (χ2v) is 10.2. The number of carbonyl (C=O) groups is 2. The van der Waals surface area contributed by atoms with Crippen LogP contribution in [-0.2, 0) is 14.9 Å². The topological polar surface area (TPSA) is 112 Å². The van der Waals surface area contributed by atoms with Crippen LogP contribution < -0.4 is 5.32 Å². The summed E-state index contributed by atoms with van der Waals surface area (Å²) >= 11 is 1.21. The number of anilines is 1. The number of aliphatic carboxylic acids is 1. The van der Waals surface area contributed by atoms with Crippen LogP contribution in [0.25, 0.3) is 21.6 Å². The van der Waals surface area contributed by atoms with Crippen molar-refractivity contribution in [3.8, 4) is 27.6 Å². The Hall–Kier alpha value is -4.48. The molecule has 1 heterocycles. The number of nitrogens with one attached hydrogen (secondary N) is 1. The first-order valence-electron chi connectivity index (χ1n) is 12.2. The molecule has 8 heteroatoms. The zero-order chi connectivity index (χ0) is 26.9. The van der Waals surface area contributed by atoms with Gasteiger partial charge in [-0.2, -0.15) is 9.64 Å². The van der Waals surface area contributed by atoms with E-state index in [2.05, 4.69) is 15.8 Å². The van der Waals surface area contributed by atoms with Crippen molar-refractivity contribution >= 4 is 29.3 Å². The fourth-order valence-electron chi connectivity index (χ4n) is 4.53. The lowest BCUT2D eigenvalue weighted by Gasteiger charge is -2.15. The Morgan fingerprint density at radius 2 is 1.76 bits per heavy atom. The van der Waals surface area contributed by atoms with Gasteiger partial charge in [0.1, 0.15) is 6.10 Å². The number of ether oxygens (including phenoxy) is 1. The van der Waals surface area contributed by atoms with Crippen LogP contribution in [0.15, 0.2) is 72.8 Å². The van der Waals surface area contributed by atoms with Crippen LogP contribution in [0.3, 0.4) is 0 Å². The number of carbonyl (C=O) groups excluding carboxylic acids is 1. The molecule has 0 saturated heterocycles. The van der Waals surface area contributed by atoms with E-state index in [4.69, 9.17) is 4.74 Å². The Bertz CT molecular complexity index is 1550. The maximum atomic E-state index is 12.7. The number of carboxylic acids is 1. The molecule has 3 aromatic carbocycles. The van der Waals surface area contributed by atoms with Gasteiger partial charge in [-0.25, -0.2) is 4.79 Å². The summed E-state index contributed by atoms with van der Waals surface area (Å²) in [5, 5.41) is 22.3. The van der Waals surface area contributed by atoms with Crippen LogP contribution in [0.2, 0.25) is 0 Å². The van der Waals surface area contributed by atoms with Gasteiger partial charge in [0.2, 0.25) is 0 Å². The molecule has 1 aromatic heterocycles. The highest BCUT2D eigenvalue weighted by Crippen LogP contribution is 2.48. The second-order valence-electron chi connectivity index (χ2n) is 9.39. The van der Waals surface area contributed by atoms with E-state index < -0.39 is 23.6 Å². The van der Waals surface area contributed by atoms with Crippen molar-refractivity contribution in [2.24, 2.45) is 0 Å². The minimum Gasteiger partial charge on any atom is -0.481 e. The number of aryl methyl sites for hydroxylation is 1. The lowest BCUT2D eigenvalue weighted by Crippen LogP contribution is -2.19. The molecule has 1 saturated carbocycles. The molecule has 1 fully saturated rings. The minimum atomic E-state index is -0.788. The Kier molecular flexibility index (Phi) is 6.70. The minimum absolute atomic E-state index is 0.433. The molecule has 0 spiro atoms. The molecule has 38 heavy (non-hydrogen) atoms. The summed E-state index contributed by atoms with van der Waals surface area (Å²) in [6.07, 6.45) is 0.268. The number of hydrogen-bond acceptors (Lipinski definition) is 6. The van der Waals surface area contributed by atoms with Crippen molar-refractivity contribution < 1.29 is 19.4 Å². The Balaban J connectivity index is 1.38. The number of amides is 1. The highest BCUT2D eigenvalue weighted by atomic mass is 32.1. The molecule has 7 nitrogen and oxygen atoms in total. The third-order valence-corrected chi connectivity index (χ3v) is 7.93. The van der Waals surface area contributed by atoms with Crippen LogP contribution in [0.5, 0.6) is 0 Å². The molecule has 1 aliphatic carbocycles. The normalized spacial score (nSPS) is 14.2. The Morgan fingerprint density at radius 3 is 2.39 bits per heavy atom. The van der Waals surface area contributed by atoms with Crippen molar-refractivity contribution in [2.75, 3.05) is 5.32 Å². The SMILES string of the molecule is Cc1nsc(-c2ccc(-c3ccc(C4(C(=O)O)CC4)cc3)cc2C#N)c1NC(=O)O[C@H](C)c1ccccc1. The van der Waals surface area contributed by atoms with Crippen molar-refractivity contribution in [3.05, 3.63) is 95.2 Å². The summed E-state index contributed by atoms with van der Waals surface area (Å²) in [6.45, 7) is 3.60. The van der Waals surface area contributed by atoms with E-state index in [0.717, 1.165) is 22.3 Å². The first kappa shape index (κ1) is 25.2. The highest BCUT2D eigenvalue weighted by molar-refractivity contribution is 7.10. The maximum Gasteiger partial charge on any atom is 0.412 e. The maximum absolute atomic E-state index is 12.7. The number of nitriles is 1. The van der Waals surface area contributed by atoms with Gasteiger partial charge in [0.05, 0.1) is 33.3 Å². The third kappa shape index (κ3) is 4.76. The molecule has 1 aliphatic rings. The van der Waals surface area contributed by atoms with E-state index in [1.807, 2.05) is 66.7 Å². The van der Waals surface area contributed by atoms with E-state index in [1.54, 1.807) is 19.9 Å². The summed E-state index contributed by atoms with van der Waals surface area (Å²) in [7, 11) is 0. The van der Waals surface area contributed by atoms with Gasteiger partial charge in [0.25, 0.3) is 0 Å². The molecule has 2 N–H and O–H groups in total. The molecular formula is C30H25N3O4S. The monoisotopic (exact) mass is 523 g/mol. The molecule has 1 atom stereocenters. The summed E-state index contributed by atoms with van der Waals surface area (Å²) < 4.78 is 9.97. The Morgan fingerprint density at radius 1 is 1.08 bits per heavy atom. The van der Waals surface area contributed by atoms with Crippen LogP contribution in [0, 0.1) is 18.3 Å². The van der Waals surface area contributed by atoms with Crippen molar-refractivity contribution in [2.45, 2.75) is 38.2 Å². The molecule has 0 unspecified atom stereocenters. The van der Waals surface area contributed by atoms with Gasteiger partial charge in [0.15, 0.2) is 0 Å². The van der Waals surface area contributed by atoms with Crippen LogP contribution >= 0.6 is 11.5 Å². The second kappa shape index (κ2) is 10.1. The van der Waals surface area contributed by atoms with Crippen LogP contribution in [0.1, 0.15) is 48.3 Å². The van der Waals surface area contributed by atoms with Crippen LogP contribution in [0.4, 0.5) is 10.5 Å². The predicted octanol–water partition coefficient (Wildman–Crippen LogP) is 7.08. The average Bonchev–Trinajstić information content (AvgIpc) is 3.68. The van der Waals surface area contributed by atoms with E-state index in [-0.39, 0.29) is 0 Å². The summed E-state index contributed by atoms with van der Waals surface area (Å²) in [4.78, 5) is 25.0. The number of benzene rings is 3. The average molecular weight is 524 g/mol. The quantitative estimate of drug-likeness (QED) is 0.268. The smallest absolute Gasteiger partial charge is 0.412 e. The first-order valence-corrected chi connectivity index (χ1v) is 13.0. The van der Waals surface area contributed by atoms with E-state index in [0.29, 0.717) is 40.2 Å². The predicted molar refractivity (Wildman–Crippen MR) is 146 cm³/mol. The van der Waals surface area contributed by atoms with Gasteiger partial charge in [0, 0.05) is 5.56 Å². The molecule has 4 aromatic rings. The molecule has 0 radical (unpaired) electrons. The summed E-state index contributed by atoms with van der Waals surface area (Å²) in [5.41, 5.74) is 4.89. The van der Waals surface area contributed by atoms with Gasteiger partial charge in [-0.3, -0.25) is 10.1 Å². The number of aromatic nitrogens is 1. The van der Waals surface area contributed by atoms with Gasteiger partial charge in [-0.1, -0.05) is 66.7 Å². The zero-order valence-corrected chi connectivity index (χ0v) is 21.7. The third-order valence-electron chi connectivity index (χ3n) is 6.96. The lowest BCUT2D eigenvalue weighted by atomic mass is 9.93. The molecule has 0 bridgehead atoms. The largest absolute Gasteiger partial charge is 0.481 e. The number of carboxylic acid groups (broad SMARTS) is 1. The van der Waals surface area contributed by atoms with E-state index >= 15 is 0 Å². The number of nitrogens with zero attached hydrogens (tertiary/aromatic N) is 2. The molecule has 190 valence electrons.